The number of hydrogen-bond acceptors (Lipinski definition) is 4. The molecule has 1 rings (SSSR count). The number of ether oxygens (including phenoxy) is 3. The molecule has 0 saturated carbocycles. The first-order valence-corrected chi connectivity index (χ1v) is 4.28. The highest BCUT2D eigenvalue weighted by molar-refractivity contribution is 5.53. The quantitative estimate of drug-likeness (QED) is 0.802. The van der Waals surface area contributed by atoms with Gasteiger partial charge in [0.25, 0.3) is 0 Å². The number of aryl methyl sites for hydroxylation is 1. The highest BCUT2D eigenvalue weighted by atomic mass is 16.5. The Hall–Kier alpha value is -1.42. The van der Waals surface area contributed by atoms with E-state index < -0.39 is 12.9 Å². The molecule has 0 heterocycles. The average Bonchev–Trinajstić information content (AvgIpc) is 2.35. The number of nitrogens with two attached hydrogens (primary N) is 1. The Balaban J connectivity index is 3.47. The van der Waals surface area contributed by atoms with E-state index in [0.29, 0.717) is 5.75 Å². The smallest absolute Gasteiger partial charge is 0.203 e. The molecule has 0 aliphatic heterocycles. The molecule has 4 heteroatoms. The third kappa shape index (κ3) is 2.53. The lowest BCUT2D eigenvalue weighted by molar-refractivity contribution is 0.324. The molecule has 0 radical (unpaired) electrons. The van der Waals surface area contributed by atoms with E-state index >= 15 is 0 Å². The van der Waals surface area contributed by atoms with Crippen molar-refractivity contribution in [2.75, 3.05) is 27.8 Å². The zero-order valence-corrected chi connectivity index (χ0v) is 8.96. The molecule has 0 saturated heterocycles. The van der Waals surface area contributed by atoms with Gasteiger partial charge in [0.1, 0.15) is 0 Å². The third-order valence-electron chi connectivity index (χ3n) is 1.88. The fourth-order valence-electron chi connectivity index (χ4n) is 1.24. The molecule has 0 aliphatic rings. The molecular weight excluding hydrogens is 194 g/mol. The minimum absolute atomic E-state index is 0.00880. The van der Waals surface area contributed by atoms with Gasteiger partial charge in [-0.2, -0.15) is 0 Å². The third-order valence-corrected chi connectivity index (χ3v) is 1.88. The summed E-state index contributed by atoms with van der Waals surface area (Å²) in [5, 5.41) is 0. The van der Waals surface area contributed by atoms with Gasteiger partial charge in [-0.15, -0.1) is 0 Å². The van der Waals surface area contributed by atoms with Crippen molar-refractivity contribution in [2.45, 2.75) is 6.37 Å². The van der Waals surface area contributed by atoms with Crippen molar-refractivity contribution in [1.82, 2.24) is 0 Å². The summed E-state index contributed by atoms with van der Waals surface area (Å²) < 4.78 is 45.7. The maximum Gasteiger partial charge on any atom is 0.203 e. The van der Waals surface area contributed by atoms with Crippen molar-refractivity contribution in [1.29, 1.82) is 0 Å². The molecule has 84 valence electrons. The highest BCUT2D eigenvalue weighted by Gasteiger charge is 2.12. The van der Waals surface area contributed by atoms with E-state index in [1.54, 1.807) is 0 Å². The van der Waals surface area contributed by atoms with Crippen LogP contribution in [0.25, 0.3) is 0 Å². The second-order valence-electron chi connectivity index (χ2n) is 2.68. The van der Waals surface area contributed by atoms with Gasteiger partial charge in [0.05, 0.1) is 21.3 Å². The normalized spacial score (nSPS) is 15.7. The Morgan fingerprint density at radius 2 is 1.67 bits per heavy atom. The van der Waals surface area contributed by atoms with Crippen molar-refractivity contribution in [3.63, 3.8) is 0 Å². The SMILES string of the molecule is [2H]C([2H])(N)C([2H])([2H])c1cc(OC)c(OC)c(OC)c1. The van der Waals surface area contributed by atoms with Gasteiger partial charge in [-0.25, -0.2) is 0 Å². The van der Waals surface area contributed by atoms with Crippen LogP contribution in [0.3, 0.4) is 0 Å². The van der Waals surface area contributed by atoms with E-state index in [1.165, 1.54) is 33.5 Å². The van der Waals surface area contributed by atoms with Gasteiger partial charge >= 0.3 is 0 Å². The van der Waals surface area contributed by atoms with Crippen molar-refractivity contribution in [2.24, 2.45) is 5.73 Å². The second-order valence-corrected chi connectivity index (χ2v) is 2.68. The summed E-state index contributed by atoms with van der Waals surface area (Å²) in [5.41, 5.74) is 5.25. The number of methoxy groups -OCH3 is 3. The first-order chi connectivity index (χ1) is 8.68. The maximum absolute atomic E-state index is 7.80. The van der Waals surface area contributed by atoms with Crippen LogP contribution in [-0.4, -0.2) is 27.8 Å². The van der Waals surface area contributed by atoms with Crippen molar-refractivity contribution in [3.05, 3.63) is 17.7 Å². The summed E-state index contributed by atoms with van der Waals surface area (Å²) >= 11 is 0. The summed E-state index contributed by atoms with van der Waals surface area (Å²) in [5.74, 6) is 0.789. The van der Waals surface area contributed by atoms with E-state index in [4.69, 9.17) is 25.4 Å². The summed E-state index contributed by atoms with van der Waals surface area (Å²) in [6.45, 7) is -2.54. The zero-order chi connectivity index (χ0) is 14.8. The Bertz CT molecular complexity index is 435. The van der Waals surface area contributed by atoms with Gasteiger partial charge in [-0.3, -0.25) is 0 Å². The molecule has 0 aliphatic carbocycles. The summed E-state index contributed by atoms with van der Waals surface area (Å²) in [6, 6.07) is 2.68. The van der Waals surface area contributed by atoms with Crippen LogP contribution < -0.4 is 19.9 Å². The van der Waals surface area contributed by atoms with Gasteiger partial charge in [0.15, 0.2) is 11.5 Å². The molecule has 4 nitrogen and oxygen atoms in total. The lowest BCUT2D eigenvalue weighted by Crippen LogP contribution is -2.04. The largest absolute Gasteiger partial charge is 0.493 e. The molecule has 1 aromatic carbocycles. The van der Waals surface area contributed by atoms with Gasteiger partial charge in [0.2, 0.25) is 5.75 Å². The molecule has 0 amide bonds. The van der Waals surface area contributed by atoms with Crippen molar-refractivity contribution in [3.8, 4) is 17.2 Å². The van der Waals surface area contributed by atoms with Gasteiger partial charge in [0, 0.05) is 5.48 Å². The van der Waals surface area contributed by atoms with Crippen LogP contribution in [0, 0.1) is 0 Å². The molecule has 0 fully saturated rings. The fraction of sp³-hybridized carbons (Fsp3) is 0.455. The maximum atomic E-state index is 7.80. The van der Waals surface area contributed by atoms with Crippen LogP contribution >= 0.6 is 0 Å². The lowest BCUT2D eigenvalue weighted by Gasteiger charge is -2.13. The molecule has 0 bridgehead atoms. The zero-order valence-electron chi connectivity index (χ0n) is 13.0. The van der Waals surface area contributed by atoms with Gasteiger partial charge in [-0.1, -0.05) is 0 Å². The molecule has 2 N–H and O–H groups in total. The van der Waals surface area contributed by atoms with E-state index in [2.05, 4.69) is 0 Å². The van der Waals surface area contributed by atoms with Crippen LogP contribution in [0.4, 0.5) is 0 Å². The van der Waals surface area contributed by atoms with Crippen LogP contribution in [0.2, 0.25) is 0 Å². The highest BCUT2D eigenvalue weighted by Crippen LogP contribution is 2.38. The molecule has 0 unspecified atom stereocenters. The topological polar surface area (TPSA) is 53.7 Å². The summed E-state index contributed by atoms with van der Waals surface area (Å²) in [6.07, 6.45) is -2.40. The molecule has 0 spiro atoms. The molecule has 0 atom stereocenters. The number of hydrogen-bond donors (Lipinski definition) is 1. The average molecular weight is 215 g/mol. The number of rotatable bonds is 5. The Labute approximate surface area is 95.6 Å². The molecule has 1 aromatic rings. The first kappa shape index (κ1) is 6.95. The van der Waals surface area contributed by atoms with E-state index in [-0.39, 0.29) is 17.1 Å². The standard InChI is InChI=1S/C11H17NO3/c1-13-9-6-8(4-5-12)7-10(14-2)11(9)15-3/h6-7H,4-5,12H2,1-3H3/i4D2,5D2. The van der Waals surface area contributed by atoms with Crippen LogP contribution in [-0.2, 0) is 6.37 Å². The van der Waals surface area contributed by atoms with Gasteiger partial charge in [-0.05, 0) is 30.6 Å². The van der Waals surface area contributed by atoms with Gasteiger partial charge < -0.3 is 19.9 Å². The Morgan fingerprint density at radius 1 is 1.13 bits per heavy atom. The fourth-order valence-corrected chi connectivity index (χ4v) is 1.24. The Morgan fingerprint density at radius 3 is 2.00 bits per heavy atom. The van der Waals surface area contributed by atoms with E-state index in [1.807, 2.05) is 0 Å². The number of benzene rings is 1. The summed E-state index contributed by atoms with van der Waals surface area (Å²) in [7, 11) is 4.22. The van der Waals surface area contributed by atoms with Crippen LogP contribution in [0.15, 0.2) is 12.1 Å². The minimum Gasteiger partial charge on any atom is -0.493 e. The predicted molar refractivity (Wildman–Crippen MR) is 58.9 cm³/mol. The molecule has 0 aromatic heterocycles. The Kier molecular flexibility index (Phi) is 2.53. The molecule has 15 heavy (non-hydrogen) atoms. The minimum atomic E-state index is -2.54. The lowest BCUT2D eigenvalue weighted by atomic mass is 10.1. The first-order valence-electron chi connectivity index (χ1n) is 6.28. The predicted octanol–water partition coefficient (Wildman–Crippen LogP) is 1.21. The van der Waals surface area contributed by atoms with Crippen LogP contribution in [0.5, 0.6) is 17.2 Å². The monoisotopic (exact) mass is 215 g/mol. The van der Waals surface area contributed by atoms with Crippen LogP contribution in [0.1, 0.15) is 11.0 Å². The van der Waals surface area contributed by atoms with E-state index in [9.17, 15) is 0 Å². The van der Waals surface area contributed by atoms with E-state index in [0.717, 1.165) is 0 Å². The second kappa shape index (κ2) is 5.46. The summed E-state index contributed by atoms with van der Waals surface area (Å²) in [4.78, 5) is 0. The molecular formula is C11H17NO3. The van der Waals surface area contributed by atoms with Crippen molar-refractivity contribution < 1.29 is 19.7 Å². The van der Waals surface area contributed by atoms with Crippen molar-refractivity contribution >= 4 is 0 Å².